The zero-order chi connectivity index (χ0) is 9.19. The number of nitrogens with zero attached hydrogens (tertiary/aromatic N) is 1. The first kappa shape index (κ1) is 10.0. The first-order chi connectivity index (χ1) is 5.53. The molecular weight excluding hydrogens is 148 g/mol. The van der Waals surface area contributed by atoms with Crippen LogP contribution in [-0.4, -0.2) is 37.6 Å². The molecule has 0 unspecified atom stereocenters. The molecule has 0 saturated carbocycles. The van der Waals surface area contributed by atoms with Crippen LogP contribution in [0.3, 0.4) is 0 Å². The Balaban J connectivity index is 2.10. The lowest BCUT2D eigenvalue weighted by Crippen LogP contribution is -2.45. The van der Waals surface area contributed by atoms with E-state index in [0.717, 1.165) is 5.92 Å². The Morgan fingerprint density at radius 1 is 1.42 bits per heavy atom. The van der Waals surface area contributed by atoms with Crippen molar-refractivity contribution < 1.29 is 0 Å². The van der Waals surface area contributed by atoms with E-state index in [-0.39, 0.29) is 0 Å². The Kier molecular flexibility index (Phi) is 3.13. The van der Waals surface area contributed by atoms with Crippen molar-refractivity contribution in [2.75, 3.05) is 27.2 Å². The smallest absolute Gasteiger partial charge is 0.0122 e. The van der Waals surface area contributed by atoms with E-state index in [9.17, 15) is 0 Å². The summed E-state index contributed by atoms with van der Waals surface area (Å²) in [5.41, 5.74) is 0.328. The highest BCUT2D eigenvalue weighted by atomic mass is 15.2. The van der Waals surface area contributed by atoms with Crippen molar-refractivity contribution in [1.82, 2.24) is 10.2 Å². The van der Waals surface area contributed by atoms with Gasteiger partial charge in [-0.1, -0.05) is 0 Å². The molecule has 0 bridgehead atoms. The van der Waals surface area contributed by atoms with Crippen LogP contribution >= 0.6 is 0 Å². The molecule has 0 spiro atoms. The van der Waals surface area contributed by atoms with Gasteiger partial charge in [-0.15, -0.1) is 0 Å². The number of hydrogen-bond acceptors (Lipinski definition) is 2. The summed E-state index contributed by atoms with van der Waals surface area (Å²) in [7, 11) is 4.24. The summed E-state index contributed by atoms with van der Waals surface area (Å²) in [5, 5.41) is 3.34. The standard InChI is InChI=1S/C10H22N2/c1-10(2,11-3)6-5-9-7-12(4)8-9/h9,11H,5-8H2,1-4H3. The highest BCUT2D eigenvalue weighted by molar-refractivity contribution is 4.82. The third-order valence-corrected chi connectivity index (χ3v) is 2.99. The van der Waals surface area contributed by atoms with E-state index in [2.05, 4.69) is 31.1 Å². The zero-order valence-corrected chi connectivity index (χ0v) is 8.85. The minimum atomic E-state index is 0.328. The van der Waals surface area contributed by atoms with Crippen LogP contribution in [0.15, 0.2) is 0 Å². The van der Waals surface area contributed by atoms with Crippen molar-refractivity contribution in [2.24, 2.45) is 5.92 Å². The summed E-state index contributed by atoms with van der Waals surface area (Å²) in [6.45, 7) is 7.16. The van der Waals surface area contributed by atoms with E-state index in [4.69, 9.17) is 0 Å². The molecule has 0 radical (unpaired) electrons. The maximum atomic E-state index is 3.34. The second-order valence-corrected chi connectivity index (χ2v) is 4.76. The normalized spacial score (nSPS) is 21.0. The second-order valence-electron chi connectivity index (χ2n) is 4.76. The molecule has 1 heterocycles. The number of hydrogen-bond donors (Lipinski definition) is 1. The molecule has 0 amide bonds. The number of likely N-dealkylation sites (tertiary alicyclic amines) is 1. The van der Waals surface area contributed by atoms with Crippen LogP contribution in [0.5, 0.6) is 0 Å². The first-order valence-corrected chi connectivity index (χ1v) is 4.91. The summed E-state index contributed by atoms with van der Waals surface area (Å²) in [4.78, 5) is 2.39. The molecule has 0 aromatic heterocycles. The van der Waals surface area contributed by atoms with Crippen molar-refractivity contribution in [1.29, 1.82) is 0 Å². The third kappa shape index (κ3) is 2.76. The average Bonchev–Trinajstić information content (AvgIpc) is 1.96. The maximum absolute atomic E-state index is 3.34. The molecular formula is C10H22N2. The molecule has 0 aliphatic carbocycles. The van der Waals surface area contributed by atoms with Gasteiger partial charge in [0.15, 0.2) is 0 Å². The van der Waals surface area contributed by atoms with Crippen molar-refractivity contribution in [3.05, 3.63) is 0 Å². The Morgan fingerprint density at radius 3 is 2.42 bits per heavy atom. The van der Waals surface area contributed by atoms with Gasteiger partial charge in [-0.2, -0.15) is 0 Å². The monoisotopic (exact) mass is 170 g/mol. The summed E-state index contributed by atoms with van der Waals surface area (Å²) >= 11 is 0. The Hall–Kier alpha value is -0.0800. The molecule has 1 aliphatic rings. The van der Waals surface area contributed by atoms with Gasteiger partial charge in [0.2, 0.25) is 0 Å². The van der Waals surface area contributed by atoms with Crippen LogP contribution in [0.4, 0.5) is 0 Å². The van der Waals surface area contributed by atoms with E-state index in [1.165, 1.54) is 25.9 Å². The fourth-order valence-electron chi connectivity index (χ4n) is 1.70. The van der Waals surface area contributed by atoms with E-state index in [1.54, 1.807) is 0 Å². The molecule has 1 fully saturated rings. The molecule has 0 aromatic carbocycles. The Labute approximate surface area is 76.3 Å². The minimum absolute atomic E-state index is 0.328. The Bertz CT molecular complexity index is 137. The molecule has 1 rings (SSSR count). The van der Waals surface area contributed by atoms with E-state index < -0.39 is 0 Å². The summed E-state index contributed by atoms with van der Waals surface area (Å²) in [5.74, 6) is 0.961. The molecule has 0 atom stereocenters. The van der Waals surface area contributed by atoms with E-state index in [0.29, 0.717) is 5.54 Å². The van der Waals surface area contributed by atoms with Gasteiger partial charge < -0.3 is 10.2 Å². The topological polar surface area (TPSA) is 15.3 Å². The highest BCUT2D eigenvalue weighted by Crippen LogP contribution is 2.22. The van der Waals surface area contributed by atoms with Gasteiger partial charge in [0.05, 0.1) is 0 Å². The summed E-state index contributed by atoms with van der Waals surface area (Å²) in [6, 6.07) is 0. The molecule has 72 valence electrons. The summed E-state index contributed by atoms with van der Waals surface area (Å²) in [6.07, 6.45) is 2.67. The number of nitrogens with one attached hydrogen (secondary N) is 1. The van der Waals surface area contributed by atoms with Crippen LogP contribution in [0.25, 0.3) is 0 Å². The lowest BCUT2D eigenvalue weighted by atomic mass is 9.88. The van der Waals surface area contributed by atoms with Gasteiger partial charge in [0, 0.05) is 18.6 Å². The minimum Gasteiger partial charge on any atom is -0.315 e. The predicted molar refractivity (Wildman–Crippen MR) is 53.4 cm³/mol. The molecule has 0 aromatic rings. The van der Waals surface area contributed by atoms with Gasteiger partial charge >= 0.3 is 0 Å². The highest BCUT2D eigenvalue weighted by Gasteiger charge is 2.25. The largest absolute Gasteiger partial charge is 0.315 e. The van der Waals surface area contributed by atoms with E-state index >= 15 is 0 Å². The van der Waals surface area contributed by atoms with Crippen molar-refractivity contribution >= 4 is 0 Å². The molecule has 1 N–H and O–H groups in total. The van der Waals surface area contributed by atoms with Crippen LogP contribution < -0.4 is 5.32 Å². The van der Waals surface area contributed by atoms with Crippen LogP contribution in [0.1, 0.15) is 26.7 Å². The quantitative estimate of drug-likeness (QED) is 0.684. The second kappa shape index (κ2) is 3.75. The molecule has 2 nitrogen and oxygen atoms in total. The molecule has 12 heavy (non-hydrogen) atoms. The summed E-state index contributed by atoms with van der Waals surface area (Å²) < 4.78 is 0. The first-order valence-electron chi connectivity index (χ1n) is 4.91. The van der Waals surface area contributed by atoms with Crippen LogP contribution in [0, 0.1) is 5.92 Å². The van der Waals surface area contributed by atoms with Gasteiger partial charge in [0.25, 0.3) is 0 Å². The molecule has 1 saturated heterocycles. The zero-order valence-electron chi connectivity index (χ0n) is 8.85. The molecule has 1 aliphatic heterocycles. The lowest BCUT2D eigenvalue weighted by molar-refractivity contribution is 0.117. The van der Waals surface area contributed by atoms with Gasteiger partial charge in [-0.3, -0.25) is 0 Å². The Morgan fingerprint density at radius 2 is 2.00 bits per heavy atom. The van der Waals surface area contributed by atoms with Gasteiger partial charge in [-0.05, 0) is 46.7 Å². The van der Waals surface area contributed by atoms with Crippen molar-refractivity contribution in [2.45, 2.75) is 32.2 Å². The fraction of sp³-hybridized carbons (Fsp3) is 1.00. The van der Waals surface area contributed by atoms with E-state index in [1.807, 2.05) is 7.05 Å². The average molecular weight is 170 g/mol. The number of rotatable bonds is 4. The van der Waals surface area contributed by atoms with Crippen LogP contribution in [-0.2, 0) is 0 Å². The molecule has 2 heteroatoms. The lowest BCUT2D eigenvalue weighted by Gasteiger charge is -2.38. The predicted octanol–water partition coefficient (Wildman–Crippen LogP) is 1.33. The van der Waals surface area contributed by atoms with Crippen molar-refractivity contribution in [3.8, 4) is 0 Å². The van der Waals surface area contributed by atoms with Gasteiger partial charge in [-0.25, -0.2) is 0 Å². The maximum Gasteiger partial charge on any atom is 0.0122 e. The van der Waals surface area contributed by atoms with Gasteiger partial charge in [0.1, 0.15) is 0 Å². The SMILES string of the molecule is CNC(C)(C)CCC1CN(C)C1. The fourth-order valence-corrected chi connectivity index (χ4v) is 1.70. The van der Waals surface area contributed by atoms with Crippen LogP contribution in [0.2, 0.25) is 0 Å². The third-order valence-electron chi connectivity index (χ3n) is 2.99. The van der Waals surface area contributed by atoms with Crippen molar-refractivity contribution in [3.63, 3.8) is 0 Å².